The van der Waals surface area contributed by atoms with E-state index >= 15 is 0 Å². The van der Waals surface area contributed by atoms with Crippen molar-refractivity contribution in [2.75, 3.05) is 25.4 Å². The number of likely N-dealkylation sites (N-methyl/N-ethyl adjacent to an activating group) is 1. The van der Waals surface area contributed by atoms with Crippen molar-refractivity contribution in [3.05, 3.63) is 0 Å². The molecule has 0 aromatic carbocycles. The first-order valence-corrected chi connectivity index (χ1v) is 7.36. The largest absolute Gasteiger partial charge is 0.302 e. The van der Waals surface area contributed by atoms with E-state index in [-0.39, 0.29) is 11.8 Å². The summed E-state index contributed by atoms with van der Waals surface area (Å²) < 4.78 is 26.0. The molecule has 0 aromatic rings. The van der Waals surface area contributed by atoms with Crippen LogP contribution in [-0.4, -0.2) is 44.7 Å². The Morgan fingerprint density at radius 3 is 2.47 bits per heavy atom. The fraction of sp³-hybridized carbons (Fsp3) is 1.00. The van der Waals surface area contributed by atoms with Crippen LogP contribution in [0.2, 0.25) is 0 Å². The monoisotopic (exact) mass is 234 g/mol. The Kier molecular flexibility index (Phi) is 4.55. The van der Waals surface area contributed by atoms with Gasteiger partial charge in [-0.1, -0.05) is 20.8 Å². The van der Waals surface area contributed by atoms with Crippen LogP contribution in [0.25, 0.3) is 0 Å². The summed E-state index contributed by atoms with van der Waals surface area (Å²) in [7, 11) is -3.06. The molecule has 2 atom stereocenters. The lowest BCUT2D eigenvalue weighted by atomic mass is 10.1. The van der Waals surface area contributed by atoms with E-state index in [0.29, 0.717) is 12.3 Å². The summed E-state index contributed by atoms with van der Waals surface area (Å²) in [5, 5.41) is 0. The highest BCUT2D eigenvalue weighted by Crippen LogP contribution is 2.16. The standard InChI is InChI=1S/C10H22N2O2S/c1-4-6-15(13,14)11-10-8-12(5-2)7-9(10)3/h9-11H,4-8H2,1-3H3. The lowest BCUT2D eigenvalue weighted by Crippen LogP contribution is -2.40. The molecule has 0 radical (unpaired) electrons. The van der Waals surface area contributed by atoms with E-state index in [1.165, 1.54) is 0 Å². The average Bonchev–Trinajstić information content (AvgIpc) is 2.46. The topological polar surface area (TPSA) is 49.4 Å². The van der Waals surface area contributed by atoms with Crippen LogP contribution in [0.5, 0.6) is 0 Å². The molecule has 1 fully saturated rings. The number of hydrogen-bond donors (Lipinski definition) is 1. The minimum Gasteiger partial charge on any atom is -0.302 e. The maximum atomic E-state index is 11.6. The quantitative estimate of drug-likeness (QED) is 0.760. The van der Waals surface area contributed by atoms with Gasteiger partial charge in [0.05, 0.1) is 5.75 Å². The van der Waals surface area contributed by atoms with Crippen molar-refractivity contribution in [3.63, 3.8) is 0 Å². The molecule has 0 saturated carbocycles. The van der Waals surface area contributed by atoms with Crippen LogP contribution in [0.15, 0.2) is 0 Å². The number of rotatable bonds is 5. The van der Waals surface area contributed by atoms with Gasteiger partial charge in [-0.25, -0.2) is 13.1 Å². The van der Waals surface area contributed by atoms with Crippen LogP contribution in [0, 0.1) is 5.92 Å². The second kappa shape index (κ2) is 5.27. The van der Waals surface area contributed by atoms with E-state index in [1.54, 1.807) is 0 Å². The summed E-state index contributed by atoms with van der Waals surface area (Å²) in [6.45, 7) is 8.94. The van der Waals surface area contributed by atoms with E-state index in [0.717, 1.165) is 19.6 Å². The van der Waals surface area contributed by atoms with E-state index < -0.39 is 10.0 Å². The van der Waals surface area contributed by atoms with Gasteiger partial charge in [0.15, 0.2) is 0 Å². The summed E-state index contributed by atoms with van der Waals surface area (Å²) in [4.78, 5) is 2.28. The number of sulfonamides is 1. The van der Waals surface area contributed by atoms with Crippen molar-refractivity contribution >= 4 is 10.0 Å². The van der Waals surface area contributed by atoms with Gasteiger partial charge in [-0.3, -0.25) is 0 Å². The van der Waals surface area contributed by atoms with E-state index in [2.05, 4.69) is 23.5 Å². The molecular weight excluding hydrogens is 212 g/mol. The van der Waals surface area contributed by atoms with Crippen LogP contribution in [0.4, 0.5) is 0 Å². The maximum Gasteiger partial charge on any atom is 0.211 e. The smallest absolute Gasteiger partial charge is 0.211 e. The van der Waals surface area contributed by atoms with Gasteiger partial charge in [-0.2, -0.15) is 0 Å². The molecule has 1 heterocycles. The molecule has 5 heteroatoms. The van der Waals surface area contributed by atoms with Gasteiger partial charge in [-0.05, 0) is 18.9 Å². The molecule has 1 aliphatic rings. The lowest BCUT2D eigenvalue weighted by Gasteiger charge is -2.16. The first-order valence-electron chi connectivity index (χ1n) is 5.70. The normalized spacial score (nSPS) is 28.5. The Bertz CT molecular complexity index is 290. The first-order chi connectivity index (χ1) is 6.98. The summed E-state index contributed by atoms with van der Waals surface area (Å²) >= 11 is 0. The van der Waals surface area contributed by atoms with E-state index in [4.69, 9.17) is 0 Å². The van der Waals surface area contributed by atoms with Gasteiger partial charge < -0.3 is 4.90 Å². The molecule has 4 nitrogen and oxygen atoms in total. The zero-order chi connectivity index (χ0) is 11.5. The molecule has 1 N–H and O–H groups in total. The molecule has 0 amide bonds. The summed E-state index contributed by atoms with van der Waals surface area (Å²) in [6.07, 6.45) is 0.675. The Morgan fingerprint density at radius 1 is 1.33 bits per heavy atom. The Hall–Kier alpha value is -0.130. The highest BCUT2D eigenvalue weighted by molar-refractivity contribution is 7.89. The summed E-state index contributed by atoms with van der Waals surface area (Å²) in [5.74, 6) is 0.652. The number of likely N-dealkylation sites (tertiary alicyclic amines) is 1. The molecule has 1 aliphatic heterocycles. The Morgan fingerprint density at radius 2 is 2.00 bits per heavy atom. The first kappa shape index (κ1) is 12.9. The highest BCUT2D eigenvalue weighted by Gasteiger charge is 2.31. The molecule has 1 rings (SSSR count). The van der Waals surface area contributed by atoms with Crippen molar-refractivity contribution in [1.82, 2.24) is 9.62 Å². The highest BCUT2D eigenvalue weighted by atomic mass is 32.2. The molecule has 0 aromatic heterocycles. The number of nitrogens with one attached hydrogen (secondary N) is 1. The molecular formula is C10H22N2O2S. The second-order valence-electron chi connectivity index (χ2n) is 4.37. The molecule has 90 valence electrons. The van der Waals surface area contributed by atoms with Crippen LogP contribution in [-0.2, 0) is 10.0 Å². The van der Waals surface area contributed by atoms with E-state index in [1.807, 2.05) is 6.92 Å². The van der Waals surface area contributed by atoms with Crippen LogP contribution >= 0.6 is 0 Å². The molecule has 2 unspecified atom stereocenters. The van der Waals surface area contributed by atoms with Crippen molar-refractivity contribution in [2.24, 2.45) is 5.92 Å². The summed E-state index contributed by atoms with van der Waals surface area (Å²) in [5.41, 5.74) is 0. The molecule has 1 saturated heterocycles. The van der Waals surface area contributed by atoms with Gasteiger partial charge in [0.2, 0.25) is 10.0 Å². The van der Waals surface area contributed by atoms with Gasteiger partial charge >= 0.3 is 0 Å². The van der Waals surface area contributed by atoms with Crippen molar-refractivity contribution < 1.29 is 8.42 Å². The molecule has 0 spiro atoms. The van der Waals surface area contributed by atoms with Crippen LogP contribution in [0.3, 0.4) is 0 Å². The maximum absolute atomic E-state index is 11.6. The number of hydrogen-bond acceptors (Lipinski definition) is 3. The van der Waals surface area contributed by atoms with E-state index in [9.17, 15) is 8.42 Å². The molecule has 0 bridgehead atoms. The zero-order valence-electron chi connectivity index (χ0n) is 9.86. The van der Waals surface area contributed by atoms with Crippen molar-refractivity contribution in [1.29, 1.82) is 0 Å². The predicted molar refractivity (Wildman–Crippen MR) is 62.3 cm³/mol. The SMILES string of the molecule is CCCS(=O)(=O)NC1CN(CC)CC1C. The third-order valence-corrected chi connectivity index (χ3v) is 4.55. The number of nitrogens with zero attached hydrogens (tertiary/aromatic N) is 1. The predicted octanol–water partition coefficient (Wildman–Crippen LogP) is 0.656. The summed E-state index contributed by atoms with van der Waals surface area (Å²) in [6, 6.07) is 0.0986. The van der Waals surface area contributed by atoms with Crippen molar-refractivity contribution in [3.8, 4) is 0 Å². The van der Waals surface area contributed by atoms with Crippen LogP contribution in [0.1, 0.15) is 27.2 Å². The minimum atomic E-state index is -3.06. The second-order valence-corrected chi connectivity index (χ2v) is 6.25. The van der Waals surface area contributed by atoms with Gasteiger partial charge in [-0.15, -0.1) is 0 Å². The van der Waals surface area contributed by atoms with Crippen molar-refractivity contribution in [2.45, 2.75) is 33.2 Å². The minimum absolute atomic E-state index is 0.0986. The fourth-order valence-electron chi connectivity index (χ4n) is 2.04. The zero-order valence-corrected chi connectivity index (χ0v) is 10.7. The fourth-order valence-corrected chi connectivity index (χ4v) is 3.46. The third-order valence-electron chi connectivity index (χ3n) is 2.94. The average molecular weight is 234 g/mol. The van der Waals surface area contributed by atoms with Crippen LogP contribution < -0.4 is 4.72 Å². The van der Waals surface area contributed by atoms with Gasteiger partial charge in [0, 0.05) is 19.1 Å². The van der Waals surface area contributed by atoms with Gasteiger partial charge in [0.25, 0.3) is 0 Å². The lowest BCUT2D eigenvalue weighted by molar-refractivity contribution is 0.344. The van der Waals surface area contributed by atoms with Gasteiger partial charge in [0.1, 0.15) is 0 Å². The molecule has 15 heavy (non-hydrogen) atoms. The Balaban J connectivity index is 2.52. The Labute approximate surface area is 93.1 Å². The third kappa shape index (κ3) is 3.74. The molecule has 0 aliphatic carbocycles.